The molecule has 0 unspecified atom stereocenters. The number of aromatic nitrogens is 1. The summed E-state index contributed by atoms with van der Waals surface area (Å²) >= 11 is 1.38. The zero-order chi connectivity index (χ0) is 23.1. The summed E-state index contributed by atoms with van der Waals surface area (Å²) in [7, 11) is 3.12. The number of phenolic OH excluding ortho intramolecular Hbond substituents is 1. The highest BCUT2D eigenvalue weighted by Gasteiger charge is 2.12. The standard InChI is InChI=1S/C22H23F2N3O4S/c1-14(18-9-8-17(30-3)12-20(18)28)26-27-19(13-32-22(27)25-10-11-29-2)15-4-6-16(7-5-15)31-21(23)24/h4-9,12-13,21,28H,10-11H2,1-3H3/b25-22?,26-14+. The number of hydrogen-bond donors (Lipinski definition) is 1. The molecular weight excluding hydrogens is 440 g/mol. The van der Waals surface area contributed by atoms with Gasteiger partial charge in [0.05, 0.1) is 31.7 Å². The van der Waals surface area contributed by atoms with E-state index in [0.717, 1.165) is 5.56 Å². The molecule has 0 aliphatic carbocycles. The van der Waals surface area contributed by atoms with E-state index in [1.165, 1.54) is 36.6 Å². The average Bonchev–Trinajstić information content (AvgIpc) is 3.16. The van der Waals surface area contributed by atoms with Crippen molar-refractivity contribution in [3.05, 3.63) is 58.2 Å². The molecule has 7 nitrogen and oxygen atoms in total. The first-order valence-electron chi connectivity index (χ1n) is 9.61. The molecule has 0 saturated heterocycles. The quantitative estimate of drug-likeness (QED) is 0.378. The van der Waals surface area contributed by atoms with Crippen LogP contribution in [0.2, 0.25) is 0 Å². The topological polar surface area (TPSA) is 77.6 Å². The maximum absolute atomic E-state index is 12.5. The summed E-state index contributed by atoms with van der Waals surface area (Å²) in [6, 6.07) is 11.2. The second kappa shape index (κ2) is 10.9. The molecule has 1 heterocycles. The predicted octanol–water partition coefficient (Wildman–Crippen LogP) is 4.35. The van der Waals surface area contributed by atoms with E-state index in [-0.39, 0.29) is 11.5 Å². The molecule has 0 spiro atoms. The second-order valence-electron chi connectivity index (χ2n) is 6.56. The SMILES string of the molecule is COCCN=c1scc(-c2ccc(OC(F)F)cc2)n1/N=C(\C)c1ccc(OC)cc1O. The van der Waals surface area contributed by atoms with Crippen molar-refractivity contribution >= 4 is 17.0 Å². The molecular formula is C22H23F2N3O4S. The van der Waals surface area contributed by atoms with E-state index < -0.39 is 6.61 Å². The third-order valence-corrected chi connectivity index (χ3v) is 5.30. The molecule has 0 aliphatic heterocycles. The number of hydrogen-bond acceptors (Lipinski definition) is 7. The number of aromatic hydroxyl groups is 1. The number of methoxy groups -OCH3 is 2. The van der Waals surface area contributed by atoms with Crippen LogP contribution >= 0.6 is 11.3 Å². The minimum atomic E-state index is -2.89. The van der Waals surface area contributed by atoms with E-state index in [0.29, 0.717) is 40.7 Å². The molecule has 0 amide bonds. The van der Waals surface area contributed by atoms with Gasteiger partial charge in [0.2, 0.25) is 4.80 Å². The summed E-state index contributed by atoms with van der Waals surface area (Å²) in [6.07, 6.45) is 0. The van der Waals surface area contributed by atoms with Gasteiger partial charge in [-0.15, -0.1) is 11.3 Å². The fraction of sp³-hybridized carbons (Fsp3) is 0.273. The average molecular weight is 464 g/mol. The van der Waals surface area contributed by atoms with Crippen molar-refractivity contribution in [1.29, 1.82) is 0 Å². The molecule has 3 rings (SSSR count). The molecule has 0 fully saturated rings. The van der Waals surface area contributed by atoms with Gasteiger partial charge in [-0.3, -0.25) is 4.99 Å². The third kappa shape index (κ3) is 5.71. The number of benzene rings is 2. The van der Waals surface area contributed by atoms with Crippen molar-refractivity contribution in [2.24, 2.45) is 10.1 Å². The maximum Gasteiger partial charge on any atom is 0.387 e. The van der Waals surface area contributed by atoms with Gasteiger partial charge in [0.25, 0.3) is 0 Å². The van der Waals surface area contributed by atoms with Gasteiger partial charge >= 0.3 is 6.61 Å². The minimum absolute atomic E-state index is 0.0364. The molecule has 0 atom stereocenters. The summed E-state index contributed by atoms with van der Waals surface area (Å²) in [6.45, 7) is -0.217. The Hall–Kier alpha value is -3.24. The number of rotatable bonds is 9. The van der Waals surface area contributed by atoms with E-state index in [9.17, 15) is 13.9 Å². The maximum atomic E-state index is 12.5. The van der Waals surface area contributed by atoms with Gasteiger partial charge in [-0.1, -0.05) is 0 Å². The normalized spacial score (nSPS) is 12.4. The van der Waals surface area contributed by atoms with Gasteiger partial charge in [-0.2, -0.15) is 13.9 Å². The van der Waals surface area contributed by atoms with Gasteiger partial charge in [0.15, 0.2) is 0 Å². The van der Waals surface area contributed by atoms with Gasteiger partial charge < -0.3 is 19.3 Å². The fourth-order valence-corrected chi connectivity index (χ4v) is 3.75. The smallest absolute Gasteiger partial charge is 0.387 e. The number of thiazole rings is 1. The zero-order valence-electron chi connectivity index (χ0n) is 17.8. The lowest BCUT2D eigenvalue weighted by Gasteiger charge is -2.09. The first-order valence-corrected chi connectivity index (χ1v) is 10.5. The molecule has 0 saturated carbocycles. The molecule has 10 heteroatoms. The van der Waals surface area contributed by atoms with Crippen LogP contribution in [0.5, 0.6) is 17.2 Å². The lowest BCUT2D eigenvalue weighted by Crippen LogP contribution is -2.15. The summed E-state index contributed by atoms with van der Waals surface area (Å²) in [4.78, 5) is 5.16. The highest BCUT2D eigenvalue weighted by atomic mass is 32.1. The van der Waals surface area contributed by atoms with Crippen LogP contribution in [0.15, 0.2) is 57.9 Å². The lowest BCUT2D eigenvalue weighted by atomic mass is 10.1. The van der Waals surface area contributed by atoms with Crippen LogP contribution in [-0.4, -0.2) is 49.5 Å². The van der Waals surface area contributed by atoms with Crippen LogP contribution in [0, 0.1) is 0 Å². The van der Waals surface area contributed by atoms with Crippen LogP contribution in [0.4, 0.5) is 8.78 Å². The Morgan fingerprint density at radius 2 is 1.84 bits per heavy atom. The Kier molecular flexibility index (Phi) is 7.96. The Labute approximate surface area is 187 Å². The van der Waals surface area contributed by atoms with Crippen molar-refractivity contribution in [3.8, 4) is 28.5 Å². The Morgan fingerprint density at radius 1 is 1.12 bits per heavy atom. The van der Waals surface area contributed by atoms with Crippen LogP contribution < -0.4 is 14.3 Å². The summed E-state index contributed by atoms with van der Waals surface area (Å²) < 4.78 is 41.2. The van der Waals surface area contributed by atoms with E-state index in [2.05, 4.69) is 14.8 Å². The summed E-state index contributed by atoms with van der Waals surface area (Å²) in [5.41, 5.74) is 2.54. The summed E-state index contributed by atoms with van der Waals surface area (Å²) in [5, 5.41) is 16.9. The fourth-order valence-electron chi connectivity index (χ4n) is 2.89. The second-order valence-corrected chi connectivity index (χ2v) is 7.40. The first-order chi connectivity index (χ1) is 15.4. The Balaban J connectivity index is 2.05. The van der Waals surface area contributed by atoms with Crippen LogP contribution in [0.25, 0.3) is 11.3 Å². The Bertz CT molecular complexity index is 1140. The highest BCUT2D eigenvalue weighted by molar-refractivity contribution is 7.07. The van der Waals surface area contributed by atoms with Gasteiger partial charge in [-0.05, 0) is 43.3 Å². The largest absolute Gasteiger partial charge is 0.507 e. The molecule has 32 heavy (non-hydrogen) atoms. The lowest BCUT2D eigenvalue weighted by molar-refractivity contribution is -0.0498. The number of alkyl halides is 2. The van der Waals surface area contributed by atoms with E-state index in [1.807, 2.05) is 5.38 Å². The monoisotopic (exact) mass is 463 g/mol. The number of halogens is 2. The molecule has 1 aromatic heterocycles. The van der Waals surface area contributed by atoms with Crippen molar-refractivity contribution in [1.82, 2.24) is 4.68 Å². The van der Waals surface area contributed by atoms with Crippen molar-refractivity contribution in [2.75, 3.05) is 27.4 Å². The molecule has 0 aliphatic rings. The van der Waals surface area contributed by atoms with Crippen LogP contribution in [-0.2, 0) is 4.74 Å². The van der Waals surface area contributed by atoms with Gasteiger partial charge in [0.1, 0.15) is 17.2 Å². The van der Waals surface area contributed by atoms with E-state index >= 15 is 0 Å². The van der Waals surface area contributed by atoms with E-state index in [4.69, 9.17) is 9.47 Å². The van der Waals surface area contributed by atoms with Gasteiger partial charge in [-0.25, -0.2) is 4.68 Å². The Morgan fingerprint density at radius 3 is 2.47 bits per heavy atom. The molecule has 3 aromatic rings. The molecule has 170 valence electrons. The van der Waals surface area contributed by atoms with Crippen molar-refractivity contribution in [3.63, 3.8) is 0 Å². The molecule has 2 aromatic carbocycles. The molecule has 0 radical (unpaired) electrons. The zero-order valence-corrected chi connectivity index (χ0v) is 18.6. The van der Waals surface area contributed by atoms with E-state index in [1.54, 1.807) is 43.0 Å². The highest BCUT2D eigenvalue weighted by Crippen LogP contribution is 2.26. The van der Waals surface area contributed by atoms with Crippen molar-refractivity contribution < 1.29 is 28.1 Å². The number of phenols is 1. The third-order valence-electron chi connectivity index (χ3n) is 4.45. The van der Waals surface area contributed by atoms with Crippen LogP contribution in [0.3, 0.4) is 0 Å². The molecule has 1 N–H and O–H groups in total. The predicted molar refractivity (Wildman–Crippen MR) is 119 cm³/mol. The molecule has 0 bridgehead atoms. The number of ether oxygens (including phenoxy) is 3. The first kappa shape index (κ1) is 23.4. The number of nitrogens with zero attached hydrogens (tertiary/aromatic N) is 3. The minimum Gasteiger partial charge on any atom is -0.507 e. The van der Waals surface area contributed by atoms with Crippen molar-refractivity contribution in [2.45, 2.75) is 13.5 Å². The summed E-state index contributed by atoms with van der Waals surface area (Å²) in [5.74, 6) is 0.636. The van der Waals surface area contributed by atoms with Crippen LogP contribution in [0.1, 0.15) is 12.5 Å². The van der Waals surface area contributed by atoms with Gasteiger partial charge in [0, 0.05) is 29.7 Å².